The molecule has 0 aliphatic heterocycles. The second-order valence-electron chi connectivity index (χ2n) is 6.81. The SMILES string of the molecule is Cc1oc(-c2ccccc2)nc1CO/N=C(/N)c1ccc(OCc2cccnc2)cc1. The van der Waals surface area contributed by atoms with Gasteiger partial charge in [-0.15, -0.1) is 0 Å². The Labute approximate surface area is 180 Å². The maximum absolute atomic E-state index is 6.04. The van der Waals surface area contributed by atoms with Crippen LogP contribution in [-0.4, -0.2) is 15.8 Å². The maximum Gasteiger partial charge on any atom is 0.226 e. The lowest BCUT2D eigenvalue weighted by Gasteiger charge is -2.07. The zero-order valence-electron chi connectivity index (χ0n) is 17.1. The molecule has 2 aromatic heterocycles. The highest BCUT2D eigenvalue weighted by Crippen LogP contribution is 2.22. The molecule has 0 radical (unpaired) electrons. The van der Waals surface area contributed by atoms with E-state index in [1.165, 1.54) is 0 Å². The predicted molar refractivity (Wildman–Crippen MR) is 117 cm³/mol. The molecule has 0 aliphatic carbocycles. The zero-order chi connectivity index (χ0) is 21.5. The molecule has 2 heterocycles. The Morgan fingerprint density at radius 2 is 1.81 bits per heavy atom. The number of benzene rings is 2. The van der Waals surface area contributed by atoms with Gasteiger partial charge in [-0.1, -0.05) is 29.4 Å². The van der Waals surface area contributed by atoms with Gasteiger partial charge >= 0.3 is 0 Å². The van der Waals surface area contributed by atoms with Crippen LogP contribution >= 0.6 is 0 Å². The van der Waals surface area contributed by atoms with Crippen molar-refractivity contribution in [2.45, 2.75) is 20.1 Å². The number of pyridine rings is 1. The van der Waals surface area contributed by atoms with E-state index in [4.69, 9.17) is 19.7 Å². The largest absolute Gasteiger partial charge is 0.489 e. The number of ether oxygens (including phenoxy) is 1. The number of oxazole rings is 1. The number of hydrogen-bond donors (Lipinski definition) is 1. The Morgan fingerprint density at radius 1 is 1.00 bits per heavy atom. The molecular formula is C24H22N4O3. The molecule has 2 N–H and O–H groups in total. The van der Waals surface area contributed by atoms with E-state index in [-0.39, 0.29) is 12.4 Å². The van der Waals surface area contributed by atoms with Gasteiger partial charge in [0.1, 0.15) is 23.8 Å². The standard InChI is InChI=1S/C24H22N4O3/c1-17-22(27-24(31-17)20-7-3-2-4-8-20)16-30-28-23(25)19-9-11-21(12-10-19)29-15-18-6-5-13-26-14-18/h2-14H,15-16H2,1H3,(H2,25,28). The molecule has 156 valence electrons. The van der Waals surface area contributed by atoms with Gasteiger partial charge in [0, 0.05) is 29.1 Å². The average molecular weight is 414 g/mol. The van der Waals surface area contributed by atoms with E-state index in [0.29, 0.717) is 24.0 Å². The summed E-state index contributed by atoms with van der Waals surface area (Å²) in [6.07, 6.45) is 3.50. The first-order valence-electron chi connectivity index (χ1n) is 9.78. The van der Waals surface area contributed by atoms with Crippen LogP contribution in [0.3, 0.4) is 0 Å². The molecule has 0 bridgehead atoms. The Bertz CT molecular complexity index is 1140. The average Bonchev–Trinajstić information content (AvgIpc) is 3.19. The van der Waals surface area contributed by atoms with E-state index in [2.05, 4.69) is 15.1 Å². The Balaban J connectivity index is 1.33. The summed E-state index contributed by atoms with van der Waals surface area (Å²) in [4.78, 5) is 14.0. The molecule has 2 aromatic carbocycles. The summed E-state index contributed by atoms with van der Waals surface area (Å²) in [6.45, 7) is 2.45. The molecule has 4 aromatic rings. The van der Waals surface area contributed by atoms with Gasteiger partial charge in [-0.05, 0) is 49.4 Å². The molecule has 7 nitrogen and oxygen atoms in total. The highest BCUT2D eigenvalue weighted by Gasteiger charge is 2.11. The summed E-state index contributed by atoms with van der Waals surface area (Å²) >= 11 is 0. The fourth-order valence-corrected chi connectivity index (χ4v) is 2.85. The zero-order valence-corrected chi connectivity index (χ0v) is 17.1. The van der Waals surface area contributed by atoms with Crippen LogP contribution in [0, 0.1) is 6.92 Å². The van der Waals surface area contributed by atoms with Crippen molar-refractivity contribution in [2.24, 2.45) is 10.9 Å². The topological polar surface area (TPSA) is 95.8 Å². The lowest BCUT2D eigenvalue weighted by Crippen LogP contribution is -2.13. The van der Waals surface area contributed by atoms with E-state index in [9.17, 15) is 0 Å². The number of aryl methyl sites for hydroxylation is 1. The molecule has 0 fully saturated rings. The Hall–Kier alpha value is -4.13. The van der Waals surface area contributed by atoms with Gasteiger partial charge in [0.15, 0.2) is 12.4 Å². The molecule has 31 heavy (non-hydrogen) atoms. The first kappa shape index (κ1) is 20.2. The summed E-state index contributed by atoms with van der Waals surface area (Å²) in [5.41, 5.74) is 9.36. The van der Waals surface area contributed by atoms with Crippen molar-refractivity contribution in [3.8, 4) is 17.2 Å². The van der Waals surface area contributed by atoms with Gasteiger partial charge in [-0.2, -0.15) is 0 Å². The van der Waals surface area contributed by atoms with Gasteiger partial charge in [0.05, 0.1) is 0 Å². The number of oxime groups is 1. The third-order valence-electron chi connectivity index (χ3n) is 4.56. The summed E-state index contributed by atoms with van der Waals surface area (Å²) in [5, 5.41) is 4.00. The minimum absolute atomic E-state index is 0.162. The van der Waals surface area contributed by atoms with Crippen LogP contribution < -0.4 is 10.5 Å². The molecule has 0 unspecified atom stereocenters. The molecule has 0 saturated heterocycles. The monoisotopic (exact) mass is 414 g/mol. The Kier molecular flexibility index (Phi) is 6.23. The van der Waals surface area contributed by atoms with E-state index in [1.54, 1.807) is 12.4 Å². The molecule has 0 saturated carbocycles. The highest BCUT2D eigenvalue weighted by molar-refractivity contribution is 5.97. The van der Waals surface area contributed by atoms with Crippen molar-refractivity contribution < 1.29 is 14.0 Å². The minimum atomic E-state index is 0.162. The minimum Gasteiger partial charge on any atom is -0.489 e. The molecular weight excluding hydrogens is 392 g/mol. The van der Waals surface area contributed by atoms with E-state index in [1.807, 2.05) is 73.7 Å². The van der Waals surface area contributed by atoms with Gasteiger partial charge in [-0.3, -0.25) is 4.98 Å². The van der Waals surface area contributed by atoms with Crippen LogP contribution in [0.15, 0.2) is 88.7 Å². The van der Waals surface area contributed by atoms with Gasteiger partial charge in [0.2, 0.25) is 5.89 Å². The summed E-state index contributed by atoms with van der Waals surface area (Å²) in [7, 11) is 0. The third-order valence-corrected chi connectivity index (χ3v) is 4.56. The Morgan fingerprint density at radius 3 is 2.55 bits per heavy atom. The molecule has 0 aliphatic rings. The van der Waals surface area contributed by atoms with Crippen molar-refractivity contribution >= 4 is 5.84 Å². The second-order valence-corrected chi connectivity index (χ2v) is 6.81. The van der Waals surface area contributed by atoms with Gasteiger partial charge in [0.25, 0.3) is 0 Å². The number of nitrogens with zero attached hydrogens (tertiary/aromatic N) is 3. The molecule has 0 amide bonds. The van der Waals surface area contributed by atoms with Crippen molar-refractivity contribution in [2.75, 3.05) is 0 Å². The fraction of sp³-hybridized carbons (Fsp3) is 0.125. The maximum atomic E-state index is 6.04. The van der Waals surface area contributed by atoms with E-state index >= 15 is 0 Å². The first-order chi connectivity index (χ1) is 15.2. The van der Waals surface area contributed by atoms with Gasteiger partial charge in [-0.25, -0.2) is 4.98 Å². The summed E-state index contributed by atoms with van der Waals surface area (Å²) < 4.78 is 11.5. The van der Waals surface area contributed by atoms with Crippen molar-refractivity contribution in [1.29, 1.82) is 0 Å². The number of aromatic nitrogens is 2. The molecule has 7 heteroatoms. The highest BCUT2D eigenvalue weighted by atomic mass is 16.6. The van der Waals surface area contributed by atoms with Crippen LogP contribution in [0.25, 0.3) is 11.5 Å². The quantitative estimate of drug-likeness (QED) is 0.260. The summed E-state index contributed by atoms with van der Waals surface area (Å²) in [5.74, 6) is 2.23. The second kappa shape index (κ2) is 9.58. The summed E-state index contributed by atoms with van der Waals surface area (Å²) in [6, 6.07) is 20.9. The van der Waals surface area contributed by atoms with Crippen LogP contribution in [0.1, 0.15) is 22.6 Å². The van der Waals surface area contributed by atoms with Crippen molar-refractivity contribution in [3.63, 3.8) is 0 Å². The van der Waals surface area contributed by atoms with Crippen LogP contribution in [0.5, 0.6) is 5.75 Å². The smallest absolute Gasteiger partial charge is 0.226 e. The van der Waals surface area contributed by atoms with Crippen LogP contribution in [0.2, 0.25) is 0 Å². The van der Waals surface area contributed by atoms with Crippen molar-refractivity contribution in [3.05, 3.63) is 102 Å². The molecule has 4 rings (SSSR count). The van der Waals surface area contributed by atoms with Crippen LogP contribution in [-0.2, 0) is 18.1 Å². The lowest BCUT2D eigenvalue weighted by atomic mass is 10.2. The molecule has 0 atom stereocenters. The first-order valence-corrected chi connectivity index (χ1v) is 9.78. The third kappa shape index (κ3) is 5.27. The normalized spacial score (nSPS) is 11.3. The number of rotatable bonds is 8. The number of nitrogens with two attached hydrogens (primary N) is 1. The van der Waals surface area contributed by atoms with E-state index in [0.717, 1.165) is 22.4 Å². The number of hydrogen-bond acceptors (Lipinski definition) is 6. The van der Waals surface area contributed by atoms with Gasteiger partial charge < -0.3 is 19.7 Å². The fourth-order valence-electron chi connectivity index (χ4n) is 2.85. The number of amidine groups is 1. The lowest BCUT2D eigenvalue weighted by molar-refractivity contribution is 0.127. The van der Waals surface area contributed by atoms with Crippen molar-refractivity contribution in [1.82, 2.24) is 9.97 Å². The van der Waals surface area contributed by atoms with E-state index < -0.39 is 0 Å². The van der Waals surface area contributed by atoms with Crippen LogP contribution in [0.4, 0.5) is 0 Å². The molecule has 0 spiro atoms. The predicted octanol–water partition coefficient (Wildman–Crippen LogP) is 4.46.